The molecule has 0 aliphatic carbocycles. The lowest BCUT2D eigenvalue weighted by Crippen LogP contribution is -2.29. The first-order valence-electron chi connectivity index (χ1n) is 8.05. The SMILES string of the molecule is Cc1noc(C)c1CC(=O)NC[C@@H](O)c1ccc(-c2ccco2)cc1. The van der Waals surface area contributed by atoms with E-state index in [4.69, 9.17) is 8.94 Å². The van der Waals surface area contributed by atoms with Gasteiger partial charge in [0.25, 0.3) is 0 Å². The maximum atomic E-state index is 12.1. The molecule has 6 nitrogen and oxygen atoms in total. The predicted octanol–water partition coefficient (Wildman–Crippen LogP) is 2.94. The molecule has 3 aromatic rings. The second kappa shape index (κ2) is 7.36. The Labute approximate surface area is 145 Å². The van der Waals surface area contributed by atoms with Crippen molar-refractivity contribution in [1.29, 1.82) is 0 Å². The fraction of sp³-hybridized carbons (Fsp3) is 0.263. The van der Waals surface area contributed by atoms with Gasteiger partial charge in [-0.25, -0.2) is 0 Å². The number of amides is 1. The molecule has 2 N–H and O–H groups in total. The number of carbonyl (C=O) groups is 1. The lowest BCUT2D eigenvalue weighted by Gasteiger charge is -2.12. The van der Waals surface area contributed by atoms with E-state index in [9.17, 15) is 9.90 Å². The average Bonchev–Trinajstić information content (AvgIpc) is 3.26. The molecule has 0 unspecified atom stereocenters. The second-order valence-corrected chi connectivity index (χ2v) is 5.90. The minimum atomic E-state index is -0.778. The first-order chi connectivity index (χ1) is 12.0. The summed E-state index contributed by atoms with van der Waals surface area (Å²) in [6.07, 6.45) is 1.03. The molecule has 130 valence electrons. The summed E-state index contributed by atoms with van der Waals surface area (Å²) < 4.78 is 10.4. The van der Waals surface area contributed by atoms with Crippen molar-refractivity contribution in [3.8, 4) is 11.3 Å². The Hall–Kier alpha value is -2.86. The number of carbonyl (C=O) groups excluding carboxylic acids is 1. The van der Waals surface area contributed by atoms with Gasteiger partial charge in [-0.15, -0.1) is 0 Å². The third-order valence-electron chi connectivity index (χ3n) is 4.11. The summed E-state index contributed by atoms with van der Waals surface area (Å²) >= 11 is 0. The molecule has 0 saturated carbocycles. The molecular weight excluding hydrogens is 320 g/mol. The summed E-state index contributed by atoms with van der Waals surface area (Å²) in [5.74, 6) is 1.23. The summed E-state index contributed by atoms with van der Waals surface area (Å²) in [4.78, 5) is 12.1. The molecule has 1 amide bonds. The van der Waals surface area contributed by atoms with Gasteiger partial charge in [0, 0.05) is 17.7 Å². The lowest BCUT2D eigenvalue weighted by molar-refractivity contribution is -0.120. The van der Waals surface area contributed by atoms with Gasteiger partial charge in [-0.3, -0.25) is 4.79 Å². The smallest absolute Gasteiger partial charge is 0.224 e. The summed E-state index contributed by atoms with van der Waals surface area (Å²) in [5.41, 5.74) is 3.16. The van der Waals surface area contributed by atoms with E-state index in [1.54, 1.807) is 20.1 Å². The van der Waals surface area contributed by atoms with E-state index in [0.717, 1.165) is 22.5 Å². The van der Waals surface area contributed by atoms with Gasteiger partial charge in [0.1, 0.15) is 11.5 Å². The average molecular weight is 340 g/mol. The van der Waals surface area contributed by atoms with Crippen LogP contribution in [0.15, 0.2) is 51.6 Å². The molecule has 25 heavy (non-hydrogen) atoms. The minimum absolute atomic E-state index is 0.141. The van der Waals surface area contributed by atoms with Crippen LogP contribution in [-0.2, 0) is 11.2 Å². The minimum Gasteiger partial charge on any atom is -0.464 e. The summed E-state index contributed by atoms with van der Waals surface area (Å²) in [6, 6.07) is 11.1. The molecule has 0 fully saturated rings. The quantitative estimate of drug-likeness (QED) is 0.720. The van der Waals surface area contributed by atoms with Crippen LogP contribution in [0.2, 0.25) is 0 Å². The third kappa shape index (κ3) is 3.97. The highest BCUT2D eigenvalue weighted by atomic mass is 16.5. The zero-order valence-electron chi connectivity index (χ0n) is 14.2. The predicted molar refractivity (Wildman–Crippen MR) is 91.8 cm³/mol. The summed E-state index contributed by atoms with van der Waals surface area (Å²) in [7, 11) is 0. The van der Waals surface area contributed by atoms with Gasteiger partial charge >= 0.3 is 0 Å². The van der Waals surface area contributed by atoms with Crippen LogP contribution < -0.4 is 5.32 Å². The van der Waals surface area contributed by atoms with Crippen LogP contribution in [0.1, 0.15) is 28.7 Å². The molecule has 2 heterocycles. The number of hydrogen-bond acceptors (Lipinski definition) is 5. The van der Waals surface area contributed by atoms with E-state index < -0.39 is 6.10 Å². The number of furan rings is 1. The van der Waals surface area contributed by atoms with Crippen molar-refractivity contribution in [2.75, 3.05) is 6.54 Å². The molecule has 1 aromatic carbocycles. The number of aliphatic hydroxyl groups excluding tert-OH is 1. The van der Waals surface area contributed by atoms with E-state index in [0.29, 0.717) is 11.5 Å². The van der Waals surface area contributed by atoms with Gasteiger partial charge in [-0.1, -0.05) is 29.4 Å². The number of nitrogens with one attached hydrogen (secondary N) is 1. The van der Waals surface area contributed by atoms with E-state index in [1.807, 2.05) is 36.4 Å². The Morgan fingerprint density at radius 3 is 2.60 bits per heavy atom. The zero-order valence-corrected chi connectivity index (χ0v) is 14.2. The monoisotopic (exact) mass is 340 g/mol. The van der Waals surface area contributed by atoms with E-state index >= 15 is 0 Å². The van der Waals surface area contributed by atoms with Gasteiger partial charge < -0.3 is 19.4 Å². The molecule has 6 heteroatoms. The summed E-state index contributed by atoms with van der Waals surface area (Å²) in [6.45, 7) is 3.72. The van der Waals surface area contributed by atoms with Gasteiger partial charge in [-0.2, -0.15) is 0 Å². The largest absolute Gasteiger partial charge is 0.464 e. The number of nitrogens with zero attached hydrogens (tertiary/aromatic N) is 1. The number of benzene rings is 1. The number of aromatic nitrogens is 1. The van der Waals surface area contributed by atoms with Crippen LogP contribution in [0.5, 0.6) is 0 Å². The van der Waals surface area contributed by atoms with Crippen LogP contribution in [-0.4, -0.2) is 22.7 Å². The zero-order chi connectivity index (χ0) is 17.8. The molecule has 3 rings (SSSR count). The van der Waals surface area contributed by atoms with Crippen molar-refractivity contribution in [3.05, 3.63) is 65.2 Å². The van der Waals surface area contributed by atoms with Gasteiger partial charge in [0.15, 0.2) is 0 Å². The van der Waals surface area contributed by atoms with Crippen molar-refractivity contribution >= 4 is 5.91 Å². The Bertz CT molecular complexity index is 815. The van der Waals surface area contributed by atoms with Crippen molar-refractivity contribution in [2.45, 2.75) is 26.4 Å². The molecule has 0 radical (unpaired) electrons. The highest BCUT2D eigenvalue weighted by molar-refractivity contribution is 5.79. The number of aryl methyl sites for hydroxylation is 2. The van der Waals surface area contributed by atoms with E-state index in [-0.39, 0.29) is 18.9 Å². The fourth-order valence-corrected chi connectivity index (χ4v) is 2.62. The molecular formula is C19H20N2O4. The first kappa shape index (κ1) is 17.0. The van der Waals surface area contributed by atoms with Crippen LogP contribution in [0, 0.1) is 13.8 Å². The molecule has 0 bridgehead atoms. The Morgan fingerprint density at radius 2 is 2.00 bits per heavy atom. The van der Waals surface area contributed by atoms with Gasteiger partial charge in [0.2, 0.25) is 5.91 Å². The molecule has 0 saturated heterocycles. The number of aliphatic hydroxyl groups is 1. The molecule has 1 atom stereocenters. The maximum absolute atomic E-state index is 12.1. The first-order valence-corrected chi connectivity index (χ1v) is 8.05. The number of hydrogen-bond donors (Lipinski definition) is 2. The topological polar surface area (TPSA) is 88.5 Å². The molecule has 0 spiro atoms. The fourth-order valence-electron chi connectivity index (χ4n) is 2.62. The Morgan fingerprint density at radius 1 is 1.24 bits per heavy atom. The van der Waals surface area contributed by atoms with E-state index in [1.165, 1.54) is 0 Å². The van der Waals surface area contributed by atoms with Crippen molar-refractivity contribution in [3.63, 3.8) is 0 Å². The van der Waals surface area contributed by atoms with Crippen molar-refractivity contribution in [2.24, 2.45) is 0 Å². The second-order valence-electron chi connectivity index (χ2n) is 5.90. The third-order valence-corrected chi connectivity index (χ3v) is 4.11. The normalized spacial score (nSPS) is 12.1. The molecule has 2 aromatic heterocycles. The van der Waals surface area contributed by atoms with Gasteiger partial charge in [0.05, 0.1) is 24.5 Å². The van der Waals surface area contributed by atoms with Crippen LogP contribution in [0.25, 0.3) is 11.3 Å². The van der Waals surface area contributed by atoms with E-state index in [2.05, 4.69) is 10.5 Å². The van der Waals surface area contributed by atoms with Crippen LogP contribution in [0.3, 0.4) is 0 Å². The summed E-state index contributed by atoms with van der Waals surface area (Å²) in [5, 5.41) is 16.8. The van der Waals surface area contributed by atoms with Crippen LogP contribution in [0.4, 0.5) is 0 Å². The number of rotatable bonds is 6. The molecule has 0 aliphatic rings. The maximum Gasteiger partial charge on any atom is 0.224 e. The van der Waals surface area contributed by atoms with Crippen molar-refractivity contribution < 1.29 is 18.8 Å². The Kier molecular flexibility index (Phi) is 5.00. The lowest BCUT2D eigenvalue weighted by atomic mass is 10.1. The highest BCUT2D eigenvalue weighted by Gasteiger charge is 2.15. The van der Waals surface area contributed by atoms with Crippen LogP contribution >= 0.6 is 0 Å². The highest BCUT2D eigenvalue weighted by Crippen LogP contribution is 2.22. The standard InChI is InChI=1S/C19H20N2O4/c1-12-16(13(2)25-21-12)10-19(23)20-11-17(22)14-5-7-15(8-6-14)18-4-3-9-24-18/h3-9,17,22H,10-11H2,1-2H3,(H,20,23)/t17-/m1/s1. The van der Waals surface area contributed by atoms with Gasteiger partial charge in [-0.05, 0) is 31.5 Å². The Balaban J connectivity index is 1.55. The molecule has 0 aliphatic heterocycles. The van der Waals surface area contributed by atoms with Crippen molar-refractivity contribution in [1.82, 2.24) is 10.5 Å².